The fraction of sp³-hybridized carbons (Fsp3) is 0.385. The van der Waals surface area contributed by atoms with Crippen LogP contribution in [-0.4, -0.2) is 23.6 Å². The molecule has 0 aromatic heterocycles. The van der Waals surface area contributed by atoms with Crippen molar-refractivity contribution in [3.63, 3.8) is 0 Å². The summed E-state index contributed by atoms with van der Waals surface area (Å²) < 4.78 is 5.23. The number of hydrogen-bond donors (Lipinski definition) is 0. The van der Waals surface area contributed by atoms with Crippen LogP contribution in [0.4, 0.5) is 4.79 Å². The third kappa shape index (κ3) is 6.30. The Hall–Kier alpha value is -1.04. The van der Waals surface area contributed by atoms with Crippen LogP contribution < -0.4 is 18.9 Å². The summed E-state index contributed by atoms with van der Waals surface area (Å²) in [6.45, 7) is 7.29. The second-order valence-corrected chi connectivity index (χ2v) is 4.63. The molecule has 0 atom stereocenters. The number of benzene rings is 1. The van der Waals surface area contributed by atoms with E-state index in [9.17, 15) is 4.79 Å². The van der Waals surface area contributed by atoms with E-state index in [-0.39, 0.29) is 25.0 Å². The van der Waals surface area contributed by atoms with E-state index in [1.165, 1.54) is 4.90 Å². The van der Waals surface area contributed by atoms with Crippen LogP contribution in [-0.2, 0) is 4.74 Å². The molecule has 0 N–H and O–H groups in total. The first-order valence-electron chi connectivity index (χ1n) is 5.24. The first-order valence-corrected chi connectivity index (χ1v) is 5.24. The van der Waals surface area contributed by atoms with Crippen LogP contribution in [0.3, 0.4) is 0 Å². The Morgan fingerprint density at radius 3 is 2.24 bits per heavy atom. The summed E-state index contributed by atoms with van der Waals surface area (Å²) in [6, 6.07) is 9.65. The van der Waals surface area contributed by atoms with E-state index in [2.05, 4.69) is 0 Å². The predicted octanol–water partition coefficient (Wildman–Crippen LogP) is 0.0674. The Balaban J connectivity index is 0.00000256. The minimum absolute atomic E-state index is 0. The van der Waals surface area contributed by atoms with Gasteiger partial charge in [-0.1, -0.05) is 12.6 Å². The van der Waals surface area contributed by atoms with Crippen molar-refractivity contribution < 1.29 is 28.4 Å². The monoisotopic (exact) mass is 227 g/mol. The van der Waals surface area contributed by atoms with Gasteiger partial charge in [-0.3, -0.25) is 0 Å². The normalized spacial score (nSPS) is 10.1. The summed E-state index contributed by atoms with van der Waals surface area (Å²) in [5.74, 6) is 0. The second-order valence-electron chi connectivity index (χ2n) is 4.63. The number of hydrogen-bond acceptors (Lipinski definition) is 2. The van der Waals surface area contributed by atoms with E-state index in [1.807, 2.05) is 51.1 Å². The van der Waals surface area contributed by atoms with Gasteiger partial charge in [-0.25, -0.2) is 4.79 Å². The first-order chi connectivity index (χ1) is 7.38. The first kappa shape index (κ1) is 16.0. The molecule has 0 radical (unpaired) electrons. The molecule has 0 fully saturated rings. The van der Waals surface area contributed by atoms with Crippen molar-refractivity contribution in [1.82, 2.24) is 4.90 Å². The molecule has 0 spiro atoms. The molecule has 0 aliphatic heterocycles. The maximum Gasteiger partial charge on any atom is 1.00 e. The van der Waals surface area contributed by atoms with Gasteiger partial charge < -0.3 is 9.64 Å². The van der Waals surface area contributed by atoms with E-state index in [1.54, 1.807) is 13.6 Å². The van der Waals surface area contributed by atoms with Gasteiger partial charge in [0.15, 0.2) is 0 Å². The fourth-order valence-corrected chi connectivity index (χ4v) is 1.15. The van der Waals surface area contributed by atoms with Crippen molar-refractivity contribution in [3.8, 4) is 0 Å². The zero-order chi connectivity index (χ0) is 12.2. The maximum atomic E-state index is 11.6. The summed E-state index contributed by atoms with van der Waals surface area (Å²) in [6.07, 6.45) is -0.351. The number of ether oxygens (including phenoxy) is 1. The molecule has 0 saturated carbocycles. The van der Waals surface area contributed by atoms with Crippen LogP contribution in [0, 0.1) is 6.54 Å². The van der Waals surface area contributed by atoms with Crippen molar-refractivity contribution in [2.24, 2.45) is 0 Å². The van der Waals surface area contributed by atoms with Crippen molar-refractivity contribution in [2.75, 3.05) is 7.05 Å². The van der Waals surface area contributed by atoms with Gasteiger partial charge in [0.25, 0.3) is 0 Å². The van der Waals surface area contributed by atoms with Crippen LogP contribution in [0.5, 0.6) is 0 Å². The molecule has 0 aliphatic carbocycles. The topological polar surface area (TPSA) is 29.5 Å². The summed E-state index contributed by atoms with van der Waals surface area (Å²) >= 11 is 0. The molecule has 1 aromatic carbocycles. The van der Waals surface area contributed by atoms with Gasteiger partial charge in [0.05, 0.1) is 0 Å². The third-order valence-corrected chi connectivity index (χ3v) is 1.82. The van der Waals surface area contributed by atoms with E-state index < -0.39 is 5.60 Å². The molecule has 0 unspecified atom stereocenters. The van der Waals surface area contributed by atoms with Crippen LogP contribution in [0.1, 0.15) is 26.3 Å². The van der Waals surface area contributed by atoms with Gasteiger partial charge in [-0.2, -0.15) is 17.7 Å². The van der Waals surface area contributed by atoms with E-state index in [4.69, 9.17) is 4.74 Å². The fourth-order valence-electron chi connectivity index (χ4n) is 1.15. The van der Waals surface area contributed by atoms with Crippen molar-refractivity contribution >= 4 is 6.09 Å². The molecule has 1 rings (SSSR count). The van der Waals surface area contributed by atoms with Gasteiger partial charge in [0, 0.05) is 7.05 Å². The Morgan fingerprint density at radius 1 is 1.24 bits per heavy atom. The summed E-state index contributed by atoms with van der Waals surface area (Å²) in [7, 11) is 1.68. The third-order valence-electron chi connectivity index (χ3n) is 1.82. The molecule has 0 bridgehead atoms. The molecule has 1 aromatic rings. The van der Waals surface area contributed by atoms with Crippen LogP contribution in [0.25, 0.3) is 0 Å². The van der Waals surface area contributed by atoms with Crippen LogP contribution in [0.2, 0.25) is 0 Å². The molecule has 3 nitrogen and oxygen atoms in total. The summed E-state index contributed by atoms with van der Waals surface area (Å²) in [5.41, 5.74) is 0.506. The molecular formula is C13H18LiNO2. The molecule has 1 amide bonds. The molecular weight excluding hydrogens is 209 g/mol. The van der Waals surface area contributed by atoms with E-state index in [0.29, 0.717) is 0 Å². The Morgan fingerprint density at radius 2 is 1.76 bits per heavy atom. The standard InChI is InChI=1S/C13H18NO2.Li/c1-13(2,3)16-12(15)14(4)10-11-8-6-5-7-9-11;/h5-10H,1-4H3;/q-1;+1. The molecule has 0 saturated heterocycles. The Bertz CT molecular complexity index is 346. The largest absolute Gasteiger partial charge is 1.00 e. The zero-order valence-electron chi connectivity index (χ0n) is 11.2. The molecule has 17 heavy (non-hydrogen) atoms. The van der Waals surface area contributed by atoms with Crippen molar-refractivity contribution in [2.45, 2.75) is 26.4 Å². The van der Waals surface area contributed by atoms with Gasteiger partial charge in [0.2, 0.25) is 0 Å². The summed E-state index contributed by atoms with van der Waals surface area (Å²) in [5, 5.41) is 0. The Kier molecular flexibility index (Phi) is 6.23. The number of carbonyl (C=O) groups is 1. The SMILES string of the molecule is CN([CH-]c1ccccc1)C(=O)OC(C)(C)C.[Li+]. The zero-order valence-corrected chi connectivity index (χ0v) is 11.2. The minimum atomic E-state index is -0.462. The number of amides is 1. The van der Waals surface area contributed by atoms with Crippen LogP contribution in [0.15, 0.2) is 30.3 Å². The predicted molar refractivity (Wildman–Crippen MR) is 63.8 cm³/mol. The smallest absolute Gasteiger partial charge is 0.444 e. The second kappa shape index (κ2) is 6.63. The molecule has 0 aliphatic rings. The Labute approximate surface area is 115 Å². The van der Waals surface area contributed by atoms with Gasteiger partial charge in [0.1, 0.15) is 5.60 Å². The van der Waals surface area contributed by atoms with Crippen molar-refractivity contribution in [1.29, 1.82) is 0 Å². The molecule has 4 heteroatoms. The molecule has 88 valence electrons. The quantitative estimate of drug-likeness (QED) is 0.528. The van der Waals surface area contributed by atoms with E-state index >= 15 is 0 Å². The summed E-state index contributed by atoms with van der Waals surface area (Å²) in [4.78, 5) is 13.1. The van der Waals surface area contributed by atoms with Gasteiger partial charge >= 0.3 is 25.0 Å². The molecule has 0 heterocycles. The number of nitrogens with zero attached hydrogens (tertiary/aromatic N) is 1. The average Bonchev–Trinajstić information content (AvgIpc) is 2.16. The van der Waals surface area contributed by atoms with E-state index in [0.717, 1.165) is 5.56 Å². The van der Waals surface area contributed by atoms with Gasteiger partial charge in [-0.15, -0.1) is 12.1 Å². The maximum absolute atomic E-state index is 11.6. The average molecular weight is 227 g/mol. The van der Waals surface area contributed by atoms with Crippen molar-refractivity contribution in [3.05, 3.63) is 42.4 Å². The van der Waals surface area contributed by atoms with Crippen LogP contribution >= 0.6 is 0 Å². The minimum Gasteiger partial charge on any atom is -0.444 e. The number of rotatable bonds is 2. The van der Waals surface area contributed by atoms with Gasteiger partial charge in [-0.05, 0) is 20.8 Å². The number of carbonyl (C=O) groups excluding carboxylic acids is 1.